The number of hydrogen-bond acceptors (Lipinski definition) is 7. The summed E-state index contributed by atoms with van der Waals surface area (Å²) in [5.74, 6) is 2.10. The predicted molar refractivity (Wildman–Crippen MR) is 108 cm³/mol. The average molecular weight is 402 g/mol. The maximum Gasteiger partial charge on any atom is 0.231 e. The van der Waals surface area contributed by atoms with E-state index in [4.69, 9.17) is 23.7 Å². The van der Waals surface area contributed by atoms with Crippen molar-refractivity contribution in [3.8, 4) is 39.9 Å². The van der Waals surface area contributed by atoms with Crippen LogP contribution in [0.5, 0.6) is 28.7 Å². The van der Waals surface area contributed by atoms with Gasteiger partial charge in [0, 0.05) is 11.5 Å². The van der Waals surface area contributed by atoms with Crippen LogP contribution in [0.2, 0.25) is 0 Å². The van der Waals surface area contributed by atoms with Crippen LogP contribution in [-0.4, -0.2) is 44.9 Å². The zero-order valence-electron chi connectivity index (χ0n) is 17.0. The van der Waals surface area contributed by atoms with Gasteiger partial charge in [0.25, 0.3) is 0 Å². The van der Waals surface area contributed by atoms with E-state index in [0.717, 1.165) is 5.56 Å². The third-order valence-corrected chi connectivity index (χ3v) is 5.16. The second kappa shape index (κ2) is 8.63. The van der Waals surface area contributed by atoms with E-state index in [2.05, 4.69) is 6.58 Å². The van der Waals surface area contributed by atoms with Crippen LogP contribution in [0.15, 0.2) is 36.4 Å². The Labute approximate surface area is 170 Å². The highest BCUT2D eigenvalue weighted by molar-refractivity contribution is 5.81. The lowest BCUT2D eigenvalue weighted by atomic mass is 9.86. The first-order valence-electron chi connectivity index (χ1n) is 9.16. The fraction of sp³-hybridized carbons (Fsp3) is 0.364. The standard InChI is InChI=1S/C22H26O7/c1-12(10-23)13(2)20(24)15-9-18(25-3)21(26-4)22(27-5)19(15)14-6-7-16-17(8-14)29-11-28-16/h6-9,13,20,23-24H,1,10-11H2,2-5H3/t13-,20+/m0/s1. The molecule has 29 heavy (non-hydrogen) atoms. The van der Waals surface area contributed by atoms with Crippen LogP contribution >= 0.6 is 0 Å². The summed E-state index contributed by atoms with van der Waals surface area (Å²) in [5, 5.41) is 20.6. The number of fused-ring (bicyclic) bond motifs is 1. The van der Waals surface area contributed by atoms with Gasteiger partial charge in [-0.15, -0.1) is 0 Å². The summed E-state index contributed by atoms with van der Waals surface area (Å²) in [6.07, 6.45) is -0.969. The molecule has 2 N–H and O–H groups in total. The molecule has 0 radical (unpaired) electrons. The minimum Gasteiger partial charge on any atom is -0.493 e. The van der Waals surface area contributed by atoms with Gasteiger partial charge in [0.1, 0.15) is 0 Å². The molecule has 0 fully saturated rings. The first-order chi connectivity index (χ1) is 14.0. The molecule has 3 rings (SSSR count). The fourth-order valence-corrected chi connectivity index (χ4v) is 3.39. The molecular formula is C22H26O7. The summed E-state index contributed by atoms with van der Waals surface area (Å²) < 4.78 is 27.6. The molecule has 0 bridgehead atoms. The molecule has 0 aromatic heterocycles. The first-order valence-corrected chi connectivity index (χ1v) is 9.16. The van der Waals surface area contributed by atoms with E-state index in [1.165, 1.54) is 21.3 Å². The molecule has 2 aromatic carbocycles. The van der Waals surface area contributed by atoms with Gasteiger partial charge in [0.05, 0.1) is 34.0 Å². The Morgan fingerprint density at radius 1 is 1.07 bits per heavy atom. The predicted octanol–water partition coefficient (Wildman–Crippen LogP) is 3.33. The minimum absolute atomic E-state index is 0.157. The summed E-state index contributed by atoms with van der Waals surface area (Å²) in [6, 6.07) is 7.21. The van der Waals surface area contributed by atoms with Gasteiger partial charge in [-0.3, -0.25) is 0 Å². The molecule has 0 saturated carbocycles. The van der Waals surface area contributed by atoms with E-state index < -0.39 is 12.0 Å². The molecule has 7 nitrogen and oxygen atoms in total. The van der Waals surface area contributed by atoms with Crippen LogP contribution in [-0.2, 0) is 0 Å². The Balaban J connectivity index is 2.27. The largest absolute Gasteiger partial charge is 0.493 e. The van der Waals surface area contributed by atoms with Gasteiger partial charge in [-0.05, 0) is 34.9 Å². The van der Waals surface area contributed by atoms with Gasteiger partial charge in [0.2, 0.25) is 12.5 Å². The van der Waals surface area contributed by atoms with E-state index in [9.17, 15) is 10.2 Å². The summed E-state index contributed by atoms with van der Waals surface area (Å²) in [4.78, 5) is 0. The van der Waals surface area contributed by atoms with E-state index in [1.807, 2.05) is 12.1 Å². The van der Waals surface area contributed by atoms with Gasteiger partial charge >= 0.3 is 0 Å². The van der Waals surface area contributed by atoms with Gasteiger partial charge < -0.3 is 33.9 Å². The smallest absolute Gasteiger partial charge is 0.231 e. The first kappa shape index (κ1) is 20.8. The van der Waals surface area contributed by atoms with E-state index in [-0.39, 0.29) is 13.4 Å². The Kier molecular flexibility index (Phi) is 6.20. The number of rotatable bonds is 8. The van der Waals surface area contributed by atoms with E-state index >= 15 is 0 Å². The van der Waals surface area contributed by atoms with Gasteiger partial charge in [-0.25, -0.2) is 0 Å². The van der Waals surface area contributed by atoms with Crippen LogP contribution in [0, 0.1) is 5.92 Å². The summed E-state index contributed by atoms with van der Waals surface area (Å²) in [5.41, 5.74) is 2.46. The van der Waals surface area contributed by atoms with Gasteiger partial charge in [0.15, 0.2) is 23.0 Å². The van der Waals surface area contributed by atoms with Crippen LogP contribution in [0.25, 0.3) is 11.1 Å². The molecule has 0 spiro atoms. The van der Waals surface area contributed by atoms with Crippen molar-refractivity contribution in [2.24, 2.45) is 5.92 Å². The molecule has 7 heteroatoms. The average Bonchev–Trinajstić information content (AvgIpc) is 3.23. The molecule has 156 valence electrons. The summed E-state index contributed by atoms with van der Waals surface area (Å²) in [7, 11) is 4.57. The lowest BCUT2D eigenvalue weighted by Gasteiger charge is -2.26. The molecule has 1 aliphatic rings. The van der Waals surface area contributed by atoms with Crippen LogP contribution in [0.4, 0.5) is 0 Å². The van der Waals surface area contributed by atoms with Crippen molar-refractivity contribution in [1.29, 1.82) is 0 Å². The number of methoxy groups -OCH3 is 3. The van der Waals surface area contributed by atoms with Crippen LogP contribution in [0.3, 0.4) is 0 Å². The third-order valence-electron chi connectivity index (χ3n) is 5.16. The Morgan fingerprint density at radius 2 is 1.76 bits per heavy atom. The highest BCUT2D eigenvalue weighted by Gasteiger charge is 2.29. The molecule has 2 atom stereocenters. The maximum absolute atomic E-state index is 11.1. The molecular weight excluding hydrogens is 376 g/mol. The number of ether oxygens (including phenoxy) is 5. The Hall–Kier alpha value is -2.90. The van der Waals surface area contributed by atoms with Crippen molar-refractivity contribution in [3.05, 3.63) is 42.0 Å². The highest BCUT2D eigenvalue weighted by Crippen LogP contribution is 2.51. The molecule has 0 saturated heterocycles. The molecule has 2 aromatic rings. The zero-order chi connectivity index (χ0) is 21.1. The summed E-state index contributed by atoms with van der Waals surface area (Å²) in [6.45, 7) is 5.59. The highest BCUT2D eigenvalue weighted by atomic mass is 16.7. The third kappa shape index (κ3) is 3.71. The second-order valence-electron chi connectivity index (χ2n) is 6.73. The fourth-order valence-electron chi connectivity index (χ4n) is 3.39. The van der Waals surface area contributed by atoms with Gasteiger partial charge in [-0.2, -0.15) is 0 Å². The van der Waals surface area contributed by atoms with Gasteiger partial charge in [-0.1, -0.05) is 19.6 Å². The quantitative estimate of drug-likeness (QED) is 0.655. The second-order valence-corrected chi connectivity index (χ2v) is 6.73. The monoisotopic (exact) mass is 402 g/mol. The number of hydrogen-bond donors (Lipinski definition) is 2. The van der Waals surface area contributed by atoms with Crippen molar-refractivity contribution in [2.75, 3.05) is 34.7 Å². The van der Waals surface area contributed by atoms with Crippen LogP contribution < -0.4 is 23.7 Å². The lowest BCUT2D eigenvalue weighted by molar-refractivity contribution is 0.127. The normalized spacial score (nSPS) is 14.3. The van der Waals surface area contributed by atoms with Crippen molar-refractivity contribution in [1.82, 2.24) is 0 Å². The van der Waals surface area contributed by atoms with E-state index in [0.29, 0.717) is 45.4 Å². The van der Waals surface area contributed by atoms with Crippen molar-refractivity contribution >= 4 is 0 Å². The maximum atomic E-state index is 11.1. The summed E-state index contributed by atoms with van der Waals surface area (Å²) >= 11 is 0. The van der Waals surface area contributed by atoms with Crippen molar-refractivity contribution in [3.63, 3.8) is 0 Å². The number of benzene rings is 2. The molecule has 0 unspecified atom stereocenters. The molecule has 0 amide bonds. The zero-order valence-corrected chi connectivity index (χ0v) is 17.0. The number of aliphatic hydroxyl groups is 2. The molecule has 1 aliphatic heterocycles. The lowest BCUT2D eigenvalue weighted by Crippen LogP contribution is -2.15. The van der Waals surface area contributed by atoms with E-state index in [1.54, 1.807) is 19.1 Å². The Bertz CT molecular complexity index is 907. The number of aliphatic hydroxyl groups excluding tert-OH is 2. The topological polar surface area (TPSA) is 86.6 Å². The van der Waals surface area contributed by atoms with Crippen LogP contribution in [0.1, 0.15) is 18.6 Å². The van der Waals surface area contributed by atoms with Crippen molar-refractivity contribution < 1.29 is 33.9 Å². The SMILES string of the molecule is C=C(CO)[C@H](C)[C@@H](O)c1cc(OC)c(OC)c(OC)c1-c1ccc2c(c1)OCO2. The Morgan fingerprint density at radius 3 is 2.38 bits per heavy atom. The van der Waals surface area contributed by atoms with Crippen molar-refractivity contribution in [2.45, 2.75) is 13.0 Å². The molecule has 0 aliphatic carbocycles. The molecule has 1 heterocycles. The minimum atomic E-state index is -0.969.